The van der Waals surface area contributed by atoms with E-state index in [1.165, 1.54) is 0 Å². The van der Waals surface area contributed by atoms with Crippen molar-refractivity contribution in [3.63, 3.8) is 0 Å². The molecule has 0 aliphatic rings. The first-order valence-electron chi connectivity index (χ1n) is 5.90. The number of halogens is 2. The second kappa shape index (κ2) is 6.65. The fourth-order valence-corrected chi connectivity index (χ4v) is 2.39. The van der Waals surface area contributed by atoms with Gasteiger partial charge in [0.05, 0.1) is 18.4 Å². The second-order valence-electron chi connectivity index (χ2n) is 4.11. The Labute approximate surface area is 131 Å². The predicted octanol–water partition coefficient (Wildman–Crippen LogP) is 4.59. The zero-order valence-electron chi connectivity index (χ0n) is 10.8. The number of anilines is 1. The molecule has 0 aromatic heterocycles. The summed E-state index contributed by atoms with van der Waals surface area (Å²) in [6, 6.07) is 13.1. The van der Waals surface area contributed by atoms with Crippen molar-refractivity contribution in [2.75, 3.05) is 12.4 Å². The molecule has 0 fully saturated rings. The fourth-order valence-electron chi connectivity index (χ4n) is 1.84. The molecule has 2 rings (SSSR count). The highest BCUT2D eigenvalue weighted by atomic mass is 79.9. The Balaban J connectivity index is 2.21. The first-order valence-corrected chi connectivity index (χ1v) is 7.07. The Morgan fingerprint density at radius 3 is 2.80 bits per heavy atom. The molecule has 0 saturated carbocycles. The maximum Gasteiger partial charge on any atom is 0.123 e. The van der Waals surface area contributed by atoms with E-state index in [2.05, 4.69) is 27.3 Å². The minimum atomic E-state index is 0.528. The number of hydrogen-bond acceptors (Lipinski definition) is 3. The zero-order valence-corrected chi connectivity index (χ0v) is 13.1. The van der Waals surface area contributed by atoms with E-state index in [0.717, 1.165) is 21.5 Å². The molecule has 0 atom stereocenters. The SMILES string of the molecule is COc1ccc(Cl)cc1CNc1ccc(Br)cc1C#N. The van der Waals surface area contributed by atoms with Crippen molar-refractivity contribution in [3.8, 4) is 11.8 Å². The third-order valence-electron chi connectivity index (χ3n) is 2.81. The van der Waals surface area contributed by atoms with E-state index >= 15 is 0 Å². The molecule has 0 radical (unpaired) electrons. The minimum Gasteiger partial charge on any atom is -0.496 e. The van der Waals surface area contributed by atoms with Gasteiger partial charge in [-0.2, -0.15) is 5.26 Å². The first-order chi connectivity index (χ1) is 9.63. The van der Waals surface area contributed by atoms with Gasteiger partial charge in [0.25, 0.3) is 0 Å². The second-order valence-corrected chi connectivity index (χ2v) is 5.46. The molecule has 0 aliphatic heterocycles. The van der Waals surface area contributed by atoms with Crippen LogP contribution in [0.5, 0.6) is 5.75 Å². The number of hydrogen-bond donors (Lipinski definition) is 1. The van der Waals surface area contributed by atoms with Crippen LogP contribution in [0.3, 0.4) is 0 Å². The van der Waals surface area contributed by atoms with Crippen LogP contribution in [-0.2, 0) is 6.54 Å². The summed E-state index contributed by atoms with van der Waals surface area (Å²) in [5, 5.41) is 13.0. The minimum absolute atomic E-state index is 0.528. The summed E-state index contributed by atoms with van der Waals surface area (Å²) >= 11 is 9.34. The maximum atomic E-state index is 9.13. The third-order valence-corrected chi connectivity index (χ3v) is 3.54. The van der Waals surface area contributed by atoms with Crippen LogP contribution >= 0.6 is 27.5 Å². The van der Waals surface area contributed by atoms with Gasteiger partial charge in [-0.25, -0.2) is 0 Å². The molecule has 1 N–H and O–H groups in total. The third kappa shape index (κ3) is 3.44. The molecular formula is C15H12BrClN2O. The van der Waals surface area contributed by atoms with Crippen molar-refractivity contribution < 1.29 is 4.74 Å². The van der Waals surface area contributed by atoms with Crippen molar-refractivity contribution in [3.05, 3.63) is 57.0 Å². The predicted molar refractivity (Wildman–Crippen MR) is 84.2 cm³/mol. The Morgan fingerprint density at radius 2 is 2.10 bits per heavy atom. The Kier molecular flexibility index (Phi) is 4.89. The smallest absolute Gasteiger partial charge is 0.123 e. The van der Waals surface area contributed by atoms with E-state index in [1.54, 1.807) is 19.2 Å². The molecule has 5 heteroatoms. The van der Waals surface area contributed by atoms with E-state index in [9.17, 15) is 0 Å². The Hall–Kier alpha value is -1.70. The number of methoxy groups -OCH3 is 1. The van der Waals surface area contributed by atoms with Gasteiger partial charge in [-0.05, 0) is 36.4 Å². The van der Waals surface area contributed by atoms with Gasteiger partial charge in [-0.1, -0.05) is 27.5 Å². The lowest BCUT2D eigenvalue weighted by atomic mass is 10.1. The van der Waals surface area contributed by atoms with Crippen LogP contribution in [0.2, 0.25) is 5.02 Å². The van der Waals surface area contributed by atoms with Crippen LogP contribution in [0.25, 0.3) is 0 Å². The number of nitrogens with one attached hydrogen (secondary N) is 1. The lowest BCUT2D eigenvalue weighted by molar-refractivity contribution is 0.410. The van der Waals surface area contributed by atoms with Gasteiger partial charge in [-0.3, -0.25) is 0 Å². The summed E-state index contributed by atoms with van der Waals surface area (Å²) < 4.78 is 6.17. The lowest BCUT2D eigenvalue weighted by Gasteiger charge is -2.12. The van der Waals surface area contributed by atoms with Crippen molar-refractivity contribution >= 4 is 33.2 Å². The van der Waals surface area contributed by atoms with Crippen LogP contribution < -0.4 is 10.1 Å². The van der Waals surface area contributed by atoms with Gasteiger partial charge in [0.2, 0.25) is 0 Å². The van der Waals surface area contributed by atoms with Crippen molar-refractivity contribution in [2.24, 2.45) is 0 Å². The highest BCUT2D eigenvalue weighted by Gasteiger charge is 2.06. The molecule has 0 spiro atoms. The molecule has 20 heavy (non-hydrogen) atoms. The number of benzene rings is 2. The molecule has 3 nitrogen and oxygen atoms in total. The van der Waals surface area contributed by atoms with Crippen LogP contribution in [0.15, 0.2) is 40.9 Å². The van der Waals surface area contributed by atoms with Gasteiger partial charge in [0.15, 0.2) is 0 Å². The zero-order chi connectivity index (χ0) is 14.5. The van der Waals surface area contributed by atoms with Gasteiger partial charge in [0.1, 0.15) is 11.8 Å². The summed E-state index contributed by atoms with van der Waals surface area (Å²) in [7, 11) is 1.62. The average molecular weight is 352 g/mol. The molecule has 2 aromatic carbocycles. The summed E-state index contributed by atoms with van der Waals surface area (Å²) in [5.41, 5.74) is 2.30. The molecular weight excluding hydrogens is 340 g/mol. The van der Waals surface area contributed by atoms with Crippen LogP contribution in [-0.4, -0.2) is 7.11 Å². The monoisotopic (exact) mass is 350 g/mol. The van der Waals surface area contributed by atoms with E-state index in [-0.39, 0.29) is 0 Å². The van der Waals surface area contributed by atoms with Crippen LogP contribution in [0.1, 0.15) is 11.1 Å². The summed E-state index contributed by atoms with van der Waals surface area (Å²) in [4.78, 5) is 0. The van der Waals surface area contributed by atoms with Crippen molar-refractivity contribution in [1.29, 1.82) is 5.26 Å². The Morgan fingerprint density at radius 1 is 1.30 bits per heavy atom. The number of ether oxygens (including phenoxy) is 1. The largest absolute Gasteiger partial charge is 0.496 e. The Bertz CT molecular complexity index is 667. The van der Waals surface area contributed by atoms with Gasteiger partial charge in [0, 0.05) is 21.6 Å². The van der Waals surface area contributed by atoms with E-state index in [0.29, 0.717) is 17.1 Å². The van der Waals surface area contributed by atoms with E-state index < -0.39 is 0 Å². The molecule has 0 saturated heterocycles. The fraction of sp³-hybridized carbons (Fsp3) is 0.133. The highest BCUT2D eigenvalue weighted by Crippen LogP contribution is 2.25. The van der Waals surface area contributed by atoms with Crippen molar-refractivity contribution in [1.82, 2.24) is 0 Å². The van der Waals surface area contributed by atoms with Crippen LogP contribution in [0, 0.1) is 11.3 Å². The topological polar surface area (TPSA) is 45.0 Å². The van der Waals surface area contributed by atoms with Gasteiger partial charge < -0.3 is 10.1 Å². The normalized spacial score (nSPS) is 9.90. The first kappa shape index (κ1) is 14.7. The van der Waals surface area contributed by atoms with Gasteiger partial charge >= 0.3 is 0 Å². The number of nitriles is 1. The standard InChI is InChI=1S/C15H12BrClN2O/c1-20-15-5-3-13(17)7-11(15)9-19-14-4-2-12(16)6-10(14)8-18/h2-7,19H,9H2,1H3. The molecule has 102 valence electrons. The summed E-state index contributed by atoms with van der Waals surface area (Å²) in [6.07, 6.45) is 0. The summed E-state index contributed by atoms with van der Waals surface area (Å²) in [5.74, 6) is 0.762. The molecule has 0 heterocycles. The van der Waals surface area contributed by atoms with Crippen LogP contribution in [0.4, 0.5) is 5.69 Å². The quantitative estimate of drug-likeness (QED) is 0.876. The van der Waals surface area contributed by atoms with E-state index in [4.69, 9.17) is 21.6 Å². The highest BCUT2D eigenvalue weighted by molar-refractivity contribution is 9.10. The lowest BCUT2D eigenvalue weighted by Crippen LogP contribution is -2.03. The molecule has 0 aliphatic carbocycles. The summed E-state index contributed by atoms with van der Waals surface area (Å²) in [6.45, 7) is 0.528. The number of rotatable bonds is 4. The molecule has 0 amide bonds. The maximum absolute atomic E-state index is 9.13. The molecule has 0 bridgehead atoms. The number of nitrogens with zero attached hydrogens (tertiary/aromatic N) is 1. The average Bonchev–Trinajstić information content (AvgIpc) is 2.46. The molecule has 2 aromatic rings. The van der Waals surface area contributed by atoms with E-state index in [1.807, 2.05) is 24.3 Å². The van der Waals surface area contributed by atoms with Gasteiger partial charge in [-0.15, -0.1) is 0 Å². The van der Waals surface area contributed by atoms with Crippen molar-refractivity contribution in [2.45, 2.75) is 6.54 Å². The molecule has 0 unspecified atom stereocenters.